The van der Waals surface area contributed by atoms with Crippen molar-refractivity contribution >= 4 is 15.9 Å². The molecule has 3 nitrogen and oxygen atoms in total. The lowest BCUT2D eigenvalue weighted by Crippen LogP contribution is -2.15. The Bertz CT molecular complexity index is 583. The van der Waals surface area contributed by atoms with Crippen molar-refractivity contribution in [2.45, 2.75) is 13.0 Å². The van der Waals surface area contributed by atoms with Crippen LogP contribution < -0.4 is 5.32 Å². The molecule has 1 aromatic heterocycles. The molecule has 2 aromatic rings. The molecule has 1 unspecified atom stereocenters. The molecular weight excluding hydrogens is 290 g/mol. The highest BCUT2D eigenvalue weighted by Crippen LogP contribution is 2.23. The maximum absolute atomic E-state index is 4.46. The van der Waals surface area contributed by atoms with Crippen molar-refractivity contribution in [3.8, 4) is 11.3 Å². The summed E-state index contributed by atoms with van der Waals surface area (Å²) in [6.07, 6.45) is 4.10. The highest BCUT2D eigenvalue weighted by atomic mass is 79.9. The molecule has 0 radical (unpaired) electrons. The van der Waals surface area contributed by atoms with Crippen molar-refractivity contribution in [1.82, 2.24) is 15.3 Å². The first-order chi connectivity index (χ1) is 8.72. The molecule has 0 bridgehead atoms. The predicted molar refractivity (Wildman–Crippen MR) is 76.2 cm³/mol. The van der Waals surface area contributed by atoms with Crippen LogP contribution >= 0.6 is 15.9 Å². The molecule has 4 heteroatoms. The van der Waals surface area contributed by atoms with Crippen LogP contribution in [0.15, 0.2) is 46.6 Å². The first-order valence-corrected chi connectivity index (χ1v) is 6.73. The van der Waals surface area contributed by atoms with Crippen molar-refractivity contribution in [2.75, 3.05) is 6.54 Å². The summed E-state index contributed by atoms with van der Waals surface area (Å²) in [5.41, 5.74) is 3.56. The van der Waals surface area contributed by atoms with Gasteiger partial charge >= 0.3 is 0 Å². The molecule has 2 N–H and O–H groups in total. The van der Waals surface area contributed by atoms with Crippen LogP contribution in [0.1, 0.15) is 18.8 Å². The third kappa shape index (κ3) is 2.26. The van der Waals surface area contributed by atoms with Gasteiger partial charge in [0.2, 0.25) is 0 Å². The maximum atomic E-state index is 4.46. The highest BCUT2D eigenvalue weighted by molar-refractivity contribution is 9.10. The second-order valence-electron chi connectivity index (χ2n) is 4.56. The second kappa shape index (κ2) is 4.71. The molecule has 0 fully saturated rings. The summed E-state index contributed by atoms with van der Waals surface area (Å²) in [7, 11) is 0. The normalized spacial score (nSPS) is 19.0. The summed E-state index contributed by atoms with van der Waals surface area (Å²) < 4.78 is 1.09. The van der Waals surface area contributed by atoms with E-state index in [0.29, 0.717) is 0 Å². The Morgan fingerprint density at radius 2 is 2.06 bits per heavy atom. The third-order valence-electron chi connectivity index (χ3n) is 3.10. The number of halogens is 1. The van der Waals surface area contributed by atoms with E-state index in [1.165, 1.54) is 5.57 Å². The van der Waals surface area contributed by atoms with Gasteiger partial charge in [-0.05, 0) is 24.6 Å². The van der Waals surface area contributed by atoms with Crippen molar-refractivity contribution in [3.05, 3.63) is 52.4 Å². The number of nitrogens with one attached hydrogen (secondary N) is 2. The topological polar surface area (TPSA) is 40.7 Å². The summed E-state index contributed by atoms with van der Waals surface area (Å²) in [5, 5.41) is 3.40. The number of aromatic amines is 1. The Balaban J connectivity index is 1.87. The number of H-pyrrole nitrogens is 1. The van der Waals surface area contributed by atoms with Gasteiger partial charge in [-0.1, -0.05) is 39.7 Å². The number of aromatic nitrogens is 2. The zero-order valence-electron chi connectivity index (χ0n) is 10.1. The molecule has 0 saturated heterocycles. The fourth-order valence-corrected chi connectivity index (χ4v) is 2.38. The average Bonchev–Trinajstić information content (AvgIpc) is 2.98. The van der Waals surface area contributed by atoms with E-state index in [2.05, 4.69) is 56.3 Å². The van der Waals surface area contributed by atoms with Gasteiger partial charge in [0.05, 0.1) is 17.9 Å². The van der Waals surface area contributed by atoms with Crippen LogP contribution in [0.5, 0.6) is 0 Å². The van der Waals surface area contributed by atoms with Gasteiger partial charge in [0.25, 0.3) is 0 Å². The van der Waals surface area contributed by atoms with E-state index in [4.69, 9.17) is 0 Å². The van der Waals surface area contributed by atoms with Gasteiger partial charge in [-0.15, -0.1) is 0 Å². The van der Waals surface area contributed by atoms with Crippen LogP contribution in [-0.2, 0) is 0 Å². The molecule has 0 aliphatic carbocycles. The van der Waals surface area contributed by atoms with Crippen LogP contribution in [-0.4, -0.2) is 16.5 Å². The Morgan fingerprint density at radius 3 is 2.72 bits per heavy atom. The Kier molecular flexibility index (Phi) is 3.06. The van der Waals surface area contributed by atoms with Crippen LogP contribution in [0, 0.1) is 0 Å². The van der Waals surface area contributed by atoms with E-state index in [0.717, 1.165) is 28.1 Å². The third-order valence-corrected chi connectivity index (χ3v) is 3.63. The number of nitrogens with zero attached hydrogens (tertiary/aromatic N) is 1. The lowest BCUT2D eigenvalue weighted by Gasteiger charge is -2.04. The monoisotopic (exact) mass is 303 g/mol. The van der Waals surface area contributed by atoms with Gasteiger partial charge in [0, 0.05) is 11.0 Å². The summed E-state index contributed by atoms with van der Waals surface area (Å²) in [6.45, 7) is 3.07. The van der Waals surface area contributed by atoms with Crippen molar-refractivity contribution in [2.24, 2.45) is 0 Å². The molecule has 0 saturated carbocycles. The van der Waals surface area contributed by atoms with Gasteiger partial charge in [-0.2, -0.15) is 0 Å². The summed E-state index contributed by atoms with van der Waals surface area (Å²) in [6, 6.07) is 8.44. The molecule has 1 aliphatic heterocycles. The van der Waals surface area contributed by atoms with Crippen LogP contribution in [0.25, 0.3) is 11.3 Å². The van der Waals surface area contributed by atoms with E-state index >= 15 is 0 Å². The smallest absolute Gasteiger partial charge is 0.127 e. The first-order valence-electron chi connectivity index (χ1n) is 5.94. The van der Waals surface area contributed by atoms with E-state index < -0.39 is 0 Å². The van der Waals surface area contributed by atoms with Gasteiger partial charge in [-0.25, -0.2) is 4.98 Å². The Labute approximate surface area is 114 Å². The number of rotatable bonds is 2. The molecule has 3 rings (SSSR count). The van der Waals surface area contributed by atoms with Crippen LogP contribution in [0.2, 0.25) is 0 Å². The van der Waals surface area contributed by atoms with E-state index in [1.54, 1.807) is 0 Å². The van der Waals surface area contributed by atoms with E-state index in [-0.39, 0.29) is 6.04 Å². The fraction of sp³-hybridized carbons (Fsp3) is 0.214. The maximum Gasteiger partial charge on any atom is 0.127 e. The molecule has 92 valence electrons. The minimum Gasteiger partial charge on any atom is -0.340 e. The summed E-state index contributed by atoms with van der Waals surface area (Å²) >= 11 is 3.44. The molecule has 18 heavy (non-hydrogen) atoms. The van der Waals surface area contributed by atoms with Crippen molar-refractivity contribution in [3.63, 3.8) is 0 Å². The van der Waals surface area contributed by atoms with E-state index in [1.807, 2.05) is 18.3 Å². The molecule has 1 aromatic carbocycles. The first kappa shape index (κ1) is 11.7. The number of hydrogen-bond donors (Lipinski definition) is 2. The van der Waals surface area contributed by atoms with Gasteiger partial charge < -0.3 is 10.3 Å². The SMILES string of the molecule is CC1=CC(c2ncc(-c3ccc(Br)cc3)[nH]2)NC1. The number of hydrogen-bond acceptors (Lipinski definition) is 2. The van der Waals surface area contributed by atoms with Crippen LogP contribution in [0.4, 0.5) is 0 Å². The zero-order valence-corrected chi connectivity index (χ0v) is 11.7. The quantitative estimate of drug-likeness (QED) is 0.835. The molecule has 2 heterocycles. The molecule has 0 amide bonds. The van der Waals surface area contributed by atoms with E-state index in [9.17, 15) is 0 Å². The Morgan fingerprint density at radius 1 is 1.28 bits per heavy atom. The Hall–Kier alpha value is -1.39. The largest absolute Gasteiger partial charge is 0.340 e. The lowest BCUT2D eigenvalue weighted by molar-refractivity contribution is 0.673. The summed E-state index contributed by atoms with van der Waals surface area (Å²) in [5.74, 6) is 0.977. The lowest BCUT2D eigenvalue weighted by atomic mass is 10.2. The van der Waals surface area contributed by atoms with Crippen molar-refractivity contribution < 1.29 is 0 Å². The zero-order chi connectivity index (χ0) is 12.5. The molecular formula is C14H14BrN3. The minimum atomic E-state index is 0.217. The highest BCUT2D eigenvalue weighted by Gasteiger charge is 2.17. The summed E-state index contributed by atoms with van der Waals surface area (Å²) in [4.78, 5) is 7.83. The van der Waals surface area contributed by atoms with Crippen LogP contribution in [0.3, 0.4) is 0 Å². The predicted octanol–water partition coefficient (Wildman–Crippen LogP) is 3.43. The fourth-order valence-electron chi connectivity index (χ4n) is 2.12. The second-order valence-corrected chi connectivity index (χ2v) is 5.48. The van der Waals surface area contributed by atoms with Gasteiger partial charge in [0.1, 0.15) is 5.82 Å². The van der Waals surface area contributed by atoms with Crippen molar-refractivity contribution in [1.29, 1.82) is 0 Å². The number of imidazole rings is 1. The molecule has 1 atom stereocenters. The van der Waals surface area contributed by atoms with Gasteiger partial charge in [0.15, 0.2) is 0 Å². The minimum absolute atomic E-state index is 0.217. The van der Waals surface area contributed by atoms with Gasteiger partial charge in [-0.3, -0.25) is 0 Å². The molecule has 0 spiro atoms. The molecule has 1 aliphatic rings. The number of benzene rings is 1. The standard InChI is InChI=1S/C14H14BrN3/c1-9-6-12(16-7-9)14-17-8-13(18-14)10-2-4-11(15)5-3-10/h2-6,8,12,16H,7H2,1H3,(H,17,18). The average molecular weight is 304 g/mol.